The molecule has 29 heavy (non-hydrogen) atoms. The van der Waals surface area contributed by atoms with Gasteiger partial charge in [-0.25, -0.2) is 12.8 Å². The van der Waals surface area contributed by atoms with Gasteiger partial charge in [-0.1, -0.05) is 30.7 Å². The molecule has 0 N–H and O–H groups in total. The lowest BCUT2D eigenvalue weighted by molar-refractivity contribution is -0.148. The maximum atomic E-state index is 13.0. The molecular weight excluding hydrogens is 393 g/mol. The molecule has 0 aromatic heterocycles. The number of piperidine rings is 1. The highest BCUT2D eigenvalue weighted by Gasteiger charge is 2.25. The molecule has 1 saturated heterocycles. The Kier molecular flexibility index (Phi) is 7.03. The third-order valence-electron chi connectivity index (χ3n) is 5.14. The summed E-state index contributed by atoms with van der Waals surface area (Å²) < 4.78 is 45.3. The highest BCUT2D eigenvalue weighted by Crippen LogP contribution is 2.22. The first-order chi connectivity index (χ1) is 13.9. The van der Waals surface area contributed by atoms with Gasteiger partial charge in [0.2, 0.25) is 10.0 Å². The van der Waals surface area contributed by atoms with E-state index in [1.54, 1.807) is 47.6 Å². The number of rotatable bonds is 7. The monoisotopic (exact) mass is 419 g/mol. The number of hydrogen-bond donors (Lipinski definition) is 0. The van der Waals surface area contributed by atoms with E-state index in [1.165, 1.54) is 12.1 Å². The van der Waals surface area contributed by atoms with Crippen LogP contribution in [-0.2, 0) is 26.0 Å². The summed E-state index contributed by atoms with van der Waals surface area (Å²) in [7, 11) is -3.44. The second-order valence-electron chi connectivity index (χ2n) is 7.29. The van der Waals surface area contributed by atoms with E-state index in [-0.39, 0.29) is 23.1 Å². The van der Waals surface area contributed by atoms with Gasteiger partial charge in [-0.05, 0) is 61.6 Å². The average Bonchev–Trinajstić information content (AvgIpc) is 2.73. The number of carbonyl (C=O) groups is 1. The van der Waals surface area contributed by atoms with Crippen LogP contribution in [0.4, 0.5) is 4.39 Å². The highest BCUT2D eigenvalue weighted by molar-refractivity contribution is 7.89. The van der Waals surface area contributed by atoms with Gasteiger partial charge in [-0.15, -0.1) is 0 Å². The number of halogens is 1. The fraction of sp³-hybridized carbons (Fsp3) is 0.409. The average molecular weight is 420 g/mol. The van der Waals surface area contributed by atoms with Crippen LogP contribution >= 0.6 is 0 Å². The standard InChI is InChI=1S/C22H26FNO4S/c1-17(19-8-10-20(23)11-9-19)28-22(25)14-7-18-5-12-21(13-6-18)29(26,27)24-15-3-2-4-16-24/h5-6,8-13,17H,2-4,7,14-16H2,1H3/t17-/m0/s1. The van der Waals surface area contributed by atoms with Crippen molar-refractivity contribution in [3.63, 3.8) is 0 Å². The second-order valence-corrected chi connectivity index (χ2v) is 9.23. The van der Waals surface area contributed by atoms with E-state index in [9.17, 15) is 17.6 Å². The third kappa shape index (κ3) is 5.64. The van der Waals surface area contributed by atoms with Gasteiger partial charge in [0.25, 0.3) is 0 Å². The minimum atomic E-state index is -3.44. The smallest absolute Gasteiger partial charge is 0.306 e. The third-order valence-corrected chi connectivity index (χ3v) is 7.05. The summed E-state index contributed by atoms with van der Waals surface area (Å²) in [6.07, 6.45) is 3.05. The first-order valence-electron chi connectivity index (χ1n) is 9.90. The number of hydrogen-bond acceptors (Lipinski definition) is 4. The van der Waals surface area contributed by atoms with Crippen LogP contribution in [0.5, 0.6) is 0 Å². The van der Waals surface area contributed by atoms with Gasteiger partial charge < -0.3 is 4.74 Å². The van der Waals surface area contributed by atoms with Gasteiger partial charge in [-0.3, -0.25) is 4.79 Å². The maximum Gasteiger partial charge on any atom is 0.306 e. The minimum absolute atomic E-state index is 0.184. The summed E-state index contributed by atoms with van der Waals surface area (Å²) in [5.74, 6) is -0.690. The van der Waals surface area contributed by atoms with Gasteiger partial charge in [0.1, 0.15) is 11.9 Å². The van der Waals surface area contributed by atoms with Crippen LogP contribution in [-0.4, -0.2) is 31.8 Å². The summed E-state index contributed by atoms with van der Waals surface area (Å²) in [4.78, 5) is 12.4. The first-order valence-corrected chi connectivity index (χ1v) is 11.3. The number of esters is 1. The number of carbonyl (C=O) groups excluding carboxylic acids is 1. The van der Waals surface area contributed by atoms with Gasteiger partial charge in [0, 0.05) is 19.5 Å². The van der Waals surface area contributed by atoms with Crippen LogP contribution < -0.4 is 0 Å². The van der Waals surface area contributed by atoms with Crippen molar-refractivity contribution >= 4 is 16.0 Å². The van der Waals surface area contributed by atoms with E-state index >= 15 is 0 Å². The Morgan fingerprint density at radius 3 is 2.28 bits per heavy atom. The fourth-order valence-corrected chi connectivity index (χ4v) is 4.90. The van der Waals surface area contributed by atoms with Gasteiger partial charge in [0.05, 0.1) is 4.90 Å². The molecular formula is C22H26FNO4S. The molecule has 0 aliphatic carbocycles. The zero-order valence-corrected chi connectivity index (χ0v) is 17.3. The highest BCUT2D eigenvalue weighted by atomic mass is 32.2. The van der Waals surface area contributed by atoms with Crippen LogP contribution in [0.25, 0.3) is 0 Å². The van der Waals surface area contributed by atoms with Crippen molar-refractivity contribution in [1.82, 2.24) is 4.31 Å². The molecule has 1 fully saturated rings. The van der Waals surface area contributed by atoms with E-state index in [0.717, 1.165) is 30.4 Å². The van der Waals surface area contributed by atoms with E-state index in [0.29, 0.717) is 19.5 Å². The van der Waals surface area contributed by atoms with Gasteiger partial charge in [0.15, 0.2) is 0 Å². The summed E-state index contributed by atoms with van der Waals surface area (Å²) in [6.45, 7) is 2.88. The molecule has 0 radical (unpaired) electrons. The predicted octanol–water partition coefficient (Wildman–Crippen LogP) is 4.24. The molecule has 0 amide bonds. The topological polar surface area (TPSA) is 63.7 Å². The zero-order valence-electron chi connectivity index (χ0n) is 16.5. The zero-order chi connectivity index (χ0) is 20.9. The van der Waals surface area contributed by atoms with Gasteiger partial charge in [-0.2, -0.15) is 4.31 Å². The molecule has 3 rings (SSSR count). The van der Waals surface area contributed by atoms with E-state index in [4.69, 9.17) is 4.74 Å². The van der Waals surface area contributed by atoms with Crippen molar-refractivity contribution in [3.8, 4) is 0 Å². The number of benzene rings is 2. The molecule has 1 aliphatic heterocycles. The van der Waals surface area contributed by atoms with Crippen LogP contribution in [0.15, 0.2) is 53.4 Å². The normalized spacial score (nSPS) is 16.3. The summed E-state index contributed by atoms with van der Waals surface area (Å²) in [5.41, 5.74) is 1.60. The Morgan fingerprint density at radius 1 is 1.03 bits per heavy atom. The van der Waals surface area contributed by atoms with Crippen LogP contribution in [0.1, 0.15) is 49.8 Å². The van der Waals surface area contributed by atoms with E-state index < -0.39 is 16.1 Å². The lowest BCUT2D eigenvalue weighted by Crippen LogP contribution is -2.35. The first kappa shape index (κ1) is 21.5. The molecule has 0 bridgehead atoms. The van der Waals surface area contributed by atoms with Crippen LogP contribution in [0.3, 0.4) is 0 Å². The summed E-state index contributed by atoms with van der Waals surface area (Å²) in [6, 6.07) is 12.5. The van der Waals surface area contributed by atoms with Crippen molar-refractivity contribution < 1.29 is 22.3 Å². The quantitative estimate of drug-likeness (QED) is 0.630. The van der Waals surface area contributed by atoms with Crippen LogP contribution in [0.2, 0.25) is 0 Å². The Balaban J connectivity index is 1.53. The molecule has 156 valence electrons. The lowest BCUT2D eigenvalue weighted by atomic mass is 10.1. The second kappa shape index (κ2) is 9.50. The minimum Gasteiger partial charge on any atom is -0.458 e. The molecule has 0 saturated carbocycles. The lowest BCUT2D eigenvalue weighted by Gasteiger charge is -2.25. The number of nitrogens with zero attached hydrogens (tertiary/aromatic N) is 1. The van der Waals surface area contributed by atoms with Crippen molar-refractivity contribution in [3.05, 3.63) is 65.5 Å². The van der Waals surface area contributed by atoms with Crippen molar-refractivity contribution in [2.45, 2.75) is 50.0 Å². The molecule has 1 atom stereocenters. The molecule has 5 nitrogen and oxygen atoms in total. The molecule has 2 aromatic rings. The Hall–Kier alpha value is -2.25. The summed E-state index contributed by atoms with van der Waals surface area (Å²) in [5, 5.41) is 0. The SMILES string of the molecule is C[C@H](OC(=O)CCc1ccc(S(=O)(=O)N2CCCCC2)cc1)c1ccc(F)cc1. The Morgan fingerprint density at radius 2 is 1.66 bits per heavy atom. The summed E-state index contributed by atoms with van der Waals surface area (Å²) >= 11 is 0. The largest absolute Gasteiger partial charge is 0.458 e. The van der Waals surface area contributed by atoms with Crippen molar-refractivity contribution in [2.24, 2.45) is 0 Å². The van der Waals surface area contributed by atoms with E-state index in [2.05, 4.69) is 0 Å². The fourth-order valence-electron chi connectivity index (χ4n) is 3.39. The van der Waals surface area contributed by atoms with Crippen molar-refractivity contribution in [1.29, 1.82) is 0 Å². The number of ether oxygens (including phenoxy) is 1. The van der Waals surface area contributed by atoms with E-state index in [1.807, 2.05) is 0 Å². The molecule has 7 heteroatoms. The molecule has 0 spiro atoms. The molecule has 1 heterocycles. The number of aryl methyl sites for hydroxylation is 1. The van der Waals surface area contributed by atoms with Crippen molar-refractivity contribution in [2.75, 3.05) is 13.1 Å². The Labute approximate surface area is 171 Å². The molecule has 2 aromatic carbocycles. The predicted molar refractivity (Wildman–Crippen MR) is 108 cm³/mol. The molecule has 0 unspecified atom stereocenters. The maximum absolute atomic E-state index is 13.0. The van der Waals surface area contributed by atoms with Gasteiger partial charge >= 0.3 is 5.97 Å². The molecule has 1 aliphatic rings. The number of sulfonamides is 1. The van der Waals surface area contributed by atoms with Crippen LogP contribution in [0, 0.1) is 5.82 Å². The Bertz CT molecular complexity index is 920.